The Bertz CT molecular complexity index is 936. The highest BCUT2D eigenvalue weighted by Gasteiger charge is 2.23. The van der Waals surface area contributed by atoms with Gasteiger partial charge in [0.15, 0.2) is 0 Å². The van der Waals surface area contributed by atoms with Crippen LogP contribution in [0.5, 0.6) is 0 Å². The van der Waals surface area contributed by atoms with Crippen molar-refractivity contribution in [1.82, 2.24) is 25.1 Å². The lowest BCUT2D eigenvalue weighted by Crippen LogP contribution is -2.44. The van der Waals surface area contributed by atoms with Gasteiger partial charge in [0.2, 0.25) is 11.8 Å². The molecule has 0 bridgehead atoms. The molecular formula is C19H27N5O3S. The number of nitrogens with zero attached hydrogens (tertiary/aromatic N) is 3. The predicted molar refractivity (Wildman–Crippen MR) is 110 cm³/mol. The zero-order valence-corrected chi connectivity index (χ0v) is 17.4. The Hall–Kier alpha value is -2.26. The Kier molecular flexibility index (Phi) is 6.46. The topological polar surface area (TPSA) is 96.3 Å². The molecule has 1 atom stereocenters. The highest BCUT2D eigenvalue weighted by atomic mass is 32.1. The molecule has 152 valence electrons. The second kappa shape index (κ2) is 8.83. The number of rotatable bonds is 7. The summed E-state index contributed by atoms with van der Waals surface area (Å²) in [6.45, 7) is 8.34. The molecule has 1 saturated heterocycles. The minimum atomic E-state index is -0.390. The molecule has 0 saturated carbocycles. The van der Waals surface area contributed by atoms with E-state index >= 15 is 0 Å². The van der Waals surface area contributed by atoms with E-state index in [1.165, 1.54) is 22.2 Å². The fourth-order valence-corrected chi connectivity index (χ4v) is 4.60. The molecule has 1 fully saturated rings. The third-order valence-electron chi connectivity index (χ3n) is 5.36. The largest absolute Gasteiger partial charge is 0.353 e. The average Bonchev–Trinajstić information content (AvgIpc) is 3.25. The van der Waals surface area contributed by atoms with Crippen molar-refractivity contribution in [3.05, 3.63) is 27.1 Å². The number of fused-ring (bicyclic) bond motifs is 1. The number of aryl methyl sites for hydroxylation is 2. The van der Waals surface area contributed by atoms with Crippen LogP contribution >= 0.6 is 11.3 Å². The number of nitrogens with one attached hydrogen (secondary N) is 2. The van der Waals surface area contributed by atoms with E-state index in [4.69, 9.17) is 0 Å². The maximum atomic E-state index is 12.6. The van der Waals surface area contributed by atoms with Crippen molar-refractivity contribution in [2.75, 3.05) is 26.2 Å². The Morgan fingerprint density at radius 1 is 1.29 bits per heavy atom. The van der Waals surface area contributed by atoms with Crippen LogP contribution in [0.15, 0.2) is 11.1 Å². The van der Waals surface area contributed by atoms with Crippen LogP contribution in [-0.2, 0) is 16.1 Å². The van der Waals surface area contributed by atoms with Gasteiger partial charge in [-0.2, -0.15) is 0 Å². The first-order chi connectivity index (χ1) is 13.4. The molecule has 1 unspecified atom stereocenters. The molecule has 0 spiro atoms. The Morgan fingerprint density at radius 3 is 2.82 bits per heavy atom. The van der Waals surface area contributed by atoms with E-state index < -0.39 is 0 Å². The number of thiophene rings is 1. The van der Waals surface area contributed by atoms with E-state index in [1.54, 1.807) is 0 Å². The fourth-order valence-electron chi connectivity index (χ4n) is 3.61. The molecule has 3 heterocycles. The van der Waals surface area contributed by atoms with E-state index in [9.17, 15) is 14.4 Å². The van der Waals surface area contributed by atoms with Crippen LogP contribution in [0.1, 0.15) is 30.2 Å². The minimum Gasteiger partial charge on any atom is -0.353 e. The van der Waals surface area contributed by atoms with Gasteiger partial charge in [0.05, 0.1) is 18.3 Å². The van der Waals surface area contributed by atoms with Gasteiger partial charge in [-0.25, -0.2) is 4.98 Å². The van der Waals surface area contributed by atoms with Crippen molar-refractivity contribution in [2.45, 2.75) is 46.2 Å². The first-order valence-corrected chi connectivity index (χ1v) is 10.4. The third-order valence-corrected chi connectivity index (χ3v) is 6.47. The van der Waals surface area contributed by atoms with Crippen LogP contribution in [-0.4, -0.2) is 58.5 Å². The Morgan fingerprint density at radius 2 is 2.07 bits per heavy atom. The summed E-state index contributed by atoms with van der Waals surface area (Å²) in [6.07, 6.45) is 3.63. The number of carbonyl (C=O) groups is 2. The first-order valence-electron chi connectivity index (χ1n) is 9.63. The standard InChI is InChI=1S/C19H27N5O3S/c1-4-23-7-5-6-14(23)8-20-15(25)9-21-16(26)10-24-11-22-18-17(19(24)27)12(2)13(3)28-18/h11,14H,4-10H2,1-3H3,(H,20,25)(H,21,26). The minimum absolute atomic E-state index is 0.0985. The summed E-state index contributed by atoms with van der Waals surface area (Å²) in [4.78, 5) is 45.2. The van der Waals surface area contributed by atoms with E-state index in [0.717, 1.165) is 36.4 Å². The van der Waals surface area contributed by atoms with Gasteiger partial charge in [0.25, 0.3) is 5.56 Å². The van der Waals surface area contributed by atoms with Crippen molar-refractivity contribution in [3.63, 3.8) is 0 Å². The molecule has 0 aromatic carbocycles. The molecule has 0 aliphatic carbocycles. The summed E-state index contributed by atoms with van der Waals surface area (Å²) >= 11 is 1.47. The first kappa shape index (κ1) is 20.5. The van der Waals surface area contributed by atoms with Gasteiger partial charge in [-0.05, 0) is 45.3 Å². The van der Waals surface area contributed by atoms with Gasteiger partial charge in [0.1, 0.15) is 11.4 Å². The van der Waals surface area contributed by atoms with Crippen molar-refractivity contribution < 1.29 is 9.59 Å². The lowest BCUT2D eigenvalue weighted by atomic mass is 10.2. The predicted octanol–water partition coefficient (Wildman–Crippen LogP) is 0.792. The monoisotopic (exact) mass is 405 g/mol. The fraction of sp³-hybridized carbons (Fsp3) is 0.579. The second-order valence-electron chi connectivity index (χ2n) is 7.15. The molecule has 2 N–H and O–H groups in total. The number of amides is 2. The molecule has 8 nitrogen and oxygen atoms in total. The van der Waals surface area contributed by atoms with Gasteiger partial charge in [0, 0.05) is 17.5 Å². The van der Waals surface area contributed by atoms with Crippen LogP contribution < -0.4 is 16.2 Å². The zero-order valence-electron chi connectivity index (χ0n) is 16.6. The number of likely N-dealkylation sites (tertiary alicyclic amines) is 1. The van der Waals surface area contributed by atoms with E-state index in [1.807, 2.05) is 13.8 Å². The third kappa shape index (κ3) is 4.41. The molecule has 0 radical (unpaired) electrons. The van der Waals surface area contributed by atoms with E-state index in [-0.39, 0.29) is 30.5 Å². The van der Waals surface area contributed by atoms with Crippen LogP contribution in [0.25, 0.3) is 10.2 Å². The van der Waals surface area contributed by atoms with Crippen LogP contribution in [0.2, 0.25) is 0 Å². The number of carbonyl (C=O) groups excluding carboxylic acids is 2. The highest BCUT2D eigenvalue weighted by Crippen LogP contribution is 2.25. The van der Waals surface area contributed by atoms with Crippen molar-refractivity contribution in [1.29, 1.82) is 0 Å². The molecule has 9 heteroatoms. The van der Waals surface area contributed by atoms with Crippen LogP contribution in [0.3, 0.4) is 0 Å². The summed E-state index contributed by atoms with van der Waals surface area (Å²) in [6, 6.07) is 0.373. The normalized spacial score (nSPS) is 17.2. The number of hydrogen-bond acceptors (Lipinski definition) is 6. The van der Waals surface area contributed by atoms with Gasteiger partial charge < -0.3 is 10.6 Å². The summed E-state index contributed by atoms with van der Waals surface area (Å²) in [5, 5.41) is 6.02. The highest BCUT2D eigenvalue weighted by molar-refractivity contribution is 7.18. The Labute approximate surface area is 167 Å². The summed E-state index contributed by atoms with van der Waals surface area (Å²) in [7, 11) is 0. The molecule has 28 heavy (non-hydrogen) atoms. The maximum Gasteiger partial charge on any atom is 0.262 e. The van der Waals surface area contributed by atoms with Crippen LogP contribution in [0.4, 0.5) is 0 Å². The van der Waals surface area contributed by atoms with Crippen molar-refractivity contribution in [2.24, 2.45) is 0 Å². The van der Waals surface area contributed by atoms with Gasteiger partial charge in [-0.15, -0.1) is 11.3 Å². The van der Waals surface area contributed by atoms with Crippen molar-refractivity contribution >= 4 is 33.4 Å². The number of likely N-dealkylation sites (N-methyl/N-ethyl adjacent to an activating group) is 1. The number of hydrogen-bond donors (Lipinski definition) is 2. The van der Waals surface area contributed by atoms with Gasteiger partial charge in [-0.1, -0.05) is 6.92 Å². The quantitative estimate of drug-likeness (QED) is 0.710. The maximum absolute atomic E-state index is 12.6. The zero-order chi connectivity index (χ0) is 20.3. The summed E-state index contributed by atoms with van der Waals surface area (Å²) < 4.78 is 1.28. The van der Waals surface area contributed by atoms with Crippen molar-refractivity contribution in [3.8, 4) is 0 Å². The number of aromatic nitrogens is 2. The molecule has 2 aromatic heterocycles. The van der Waals surface area contributed by atoms with Gasteiger partial charge in [-0.3, -0.25) is 23.9 Å². The average molecular weight is 406 g/mol. The molecule has 2 amide bonds. The second-order valence-corrected chi connectivity index (χ2v) is 8.35. The van der Waals surface area contributed by atoms with Gasteiger partial charge >= 0.3 is 0 Å². The molecule has 2 aromatic rings. The summed E-state index contributed by atoms with van der Waals surface area (Å²) in [5.41, 5.74) is 0.673. The van der Waals surface area contributed by atoms with E-state index in [2.05, 4.69) is 27.4 Å². The smallest absolute Gasteiger partial charge is 0.262 e. The molecule has 1 aliphatic rings. The Balaban J connectivity index is 1.51. The molecular weight excluding hydrogens is 378 g/mol. The molecule has 1 aliphatic heterocycles. The van der Waals surface area contributed by atoms with E-state index in [0.29, 0.717) is 22.8 Å². The molecule has 3 rings (SSSR count). The van der Waals surface area contributed by atoms with Crippen LogP contribution in [0, 0.1) is 13.8 Å². The summed E-state index contributed by atoms with van der Waals surface area (Å²) in [5.74, 6) is -0.611. The lowest BCUT2D eigenvalue weighted by Gasteiger charge is -2.22. The SMILES string of the molecule is CCN1CCCC1CNC(=O)CNC(=O)Cn1cnc2sc(C)c(C)c2c1=O. The lowest BCUT2D eigenvalue weighted by molar-refractivity contribution is -0.126.